The smallest absolute Gasteiger partial charge is 0.430 e. The Kier molecular flexibility index (Phi) is 7.81. The van der Waals surface area contributed by atoms with Crippen LogP contribution in [0.25, 0.3) is 28.2 Å². The van der Waals surface area contributed by atoms with Gasteiger partial charge in [-0.25, -0.2) is 22.0 Å². The zero-order chi connectivity index (χ0) is 28.5. The highest BCUT2D eigenvalue weighted by Crippen LogP contribution is 2.39. The molecular formula is C18H18F3N9O6S2. The number of carboxylic acids is 1. The largest absolute Gasteiger partial charge is 0.542 e. The quantitative estimate of drug-likeness (QED) is 0.223. The molecule has 4 aromatic rings. The van der Waals surface area contributed by atoms with Crippen molar-refractivity contribution in [3.8, 4) is 22.5 Å². The molecule has 4 rings (SSSR count). The molecule has 0 aliphatic carbocycles. The molecule has 6 N–H and O–H groups in total. The number of aromatic nitrogens is 7. The number of tetrazole rings is 1. The van der Waals surface area contributed by atoms with Crippen LogP contribution in [0.1, 0.15) is 5.82 Å². The summed E-state index contributed by atoms with van der Waals surface area (Å²) in [6, 6.07) is 6.09. The Morgan fingerprint density at radius 1 is 1.13 bits per heavy atom. The van der Waals surface area contributed by atoms with E-state index in [1.165, 1.54) is 12.1 Å². The molecule has 0 saturated carbocycles. The van der Waals surface area contributed by atoms with Crippen LogP contribution in [-0.2, 0) is 24.7 Å². The number of carbonyl (C=O) groups excluding carboxylic acids is 1. The predicted octanol–water partition coefficient (Wildman–Crippen LogP) is -2.15. The number of primary sulfonamides is 1. The number of sulfonamides is 1. The van der Waals surface area contributed by atoms with Gasteiger partial charge in [0.05, 0.1) is 17.0 Å². The number of halogens is 3. The number of aliphatic carboxylic acids is 1. The first-order chi connectivity index (χ1) is 17.6. The van der Waals surface area contributed by atoms with Crippen molar-refractivity contribution < 1.29 is 45.6 Å². The number of hydrogen-bond acceptors (Lipinski definition) is 11. The Bertz CT molecular complexity index is 1700. The molecular weight excluding hydrogens is 559 g/mol. The van der Waals surface area contributed by atoms with Crippen molar-refractivity contribution in [1.82, 2.24) is 35.2 Å². The standard InChI is InChI=1S/C16H17N9O4S2.C2HF3O2/c1-9-19-20-13-5-2-10(8-25(9)13)11-3-4-12(30(26,27)7-6-17)15(31(18,28)29)14(11)16-21-23-24-22-16;3-2(4,5)1(6)7/h2-5,8H,6-7,17H2,1H3,(H2,18,28,29)(H,21,22,23,24);(H,6,7). The third-order valence-corrected chi connectivity index (χ3v) is 7.80. The van der Waals surface area contributed by atoms with Crippen LogP contribution >= 0.6 is 0 Å². The van der Waals surface area contributed by atoms with Crippen LogP contribution in [0.2, 0.25) is 0 Å². The fourth-order valence-electron chi connectivity index (χ4n) is 3.29. The molecule has 0 spiro atoms. The summed E-state index contributed by atoms with van der Waals surface area (Å²) in [5, 5.41) is 35.8. The van der Waals surface area contributed by atoms with Crippen molar-refractivity contribution in [3.63, 3.8) is 0 Å². The summed E-state index contributed by atoms with van der Waals surface area (Å²) in [6.45, 7) is 1.81. The summed E-state index contributed by atoms with van der Waals surface area (Å²) in [6.07, 6.45) is -3.50. The van der Waals surface area contributed by atoms with Gasteiger partial charge < -0.3 is 15.6 Å². The molecule has 0 bridgehead atoms. The monoisotopic (exact) mass is 577 g/mol. The summed E-state index contributed by atoms with van der Waals surface area (Å²) >= 11 is 0. The number of fused-ring (bicyclic) bond motifs is 1. The topological polar surface area (TPSA) is 247 Å². The number of H-pyrrole nitrogens is 1. The first-order valence-corrected chi connectivity index (χ1v) is 13.3. The molecule has 3 aromatic heterocycles. The fraction of sp³-hybridized carbons (Fsp3) is 0.222. The molecule has 0 atom stereocenters. The van der Waals surface area contributed by atoms with Crippen molar-refractivity contribution in [2.24, 2.45) is 5.14 Å². The number of rotatable bonds is 6. The van der Waals surface area contributed by atoms with Gasteiger partial charge in [0.25, 0.3) is 0 Å². The molecule has 0 fully saturated rings. The molecule has 0 unspecified atom stereocenters. The zero-order valence-electron chi connectivity index (χ0n) is 19.2. The Labute approximate surface area is 211 Å². The third kappa shape index (κ3) is 5.93. The second kappa shape index (κ2) is 10.4. The highest BCUT2D eigenvalue weighted by atomic mass is 32.2. The number of sulfone groups is 1. The SMILES string of the molecule is Cc1nnc2ccc(-c3ccc(S(=O)(=O)CC[NH3+])c(S(N)(=O)=O)c3-c3nn[nH]n3)cn12.O=C([O-])C(F)(F)F. The van der Waals surface area contributed by atoms with Gasteiger partial charge in [0.15, 0.2) is 15.5 Å². The number of nitrogens with zero attached hydrogens (tertiary/aromatic N) is 6. The van der Waals surface area contributed by atoms with E-state index in [-0.39, 0.29) is 23.7 Å². The number of alkyl halides is 3. The van der Waals surface area contributed by atoms with Gasteiger partial charge in [-0.2, -0.15) is 18.4 Å². The maximum Gasteiger partial charge on any atom is 0.430 e. The lowest BCUT2D eigenvalue weighted by Crippen LogP contribution is -2.53. The van der Waals surface area contributed by atoms with Gasteiger partial charge in [-0.15, -0.1) is 20.4 Å². The highest BCUT2D eigenvalue weighted by Gasteiger charge is 2.32. The van der Waals surface area contributed by atoms with E-state index in [0.29, 0.717) is 22.6 Å². The Balaban J connectivity index is 0.000000505. The van der Waals surface area contributed by atoms with Crippen LogP contribution in [0, 0.1) is 6.92 Å². The van der Waals surface area contributed by atoms with E-state index in [2.05, 4.69) is 36.6 Å². The van der Waals surface area contributed by atoms with Crippen LogP contribution in [0.3, 0.4) is 0 Å². The van der Waals surface area contributed by atoms with Gasteiger partial charge in [0, 0.05) is 6.20 Å². The molecule has 1 aromatic carbocycles. The molecule has 0 aliphatic rings. The van der Waals surface area contributed by atoms with Gasteiger partial charge in [-0.1, -0.05) is 6.07 Å². The maximum absolute atomic E-state index is 12.8. The number of aromatic amines is 1. The van der Waals surface area contributed by atoms with E-state index >= 15 is 0 Å². The van der Waals surface area contributed by atoms with Crippen molar-refractivity contribution in [2.75, 3.05) is 12.3 Å². The molecule has 20 heteroatoms. The first kappa shape index (κ1) is 28.6. The van der Waals surface area contributed by atoms with Crippen LogP contribution in [0.4, 0.5) is 13.2 Å². The Hall–Kier alpha value is -4.01. The average molecular weight is 578 g/mol. The molecule has 0 aliphatic heterocycles. The molecule has 3 heterocycles. The zero-order valence-corrected chi connectivity index (χ0v) is 20.8. The average Bonchev–Trinajstić information content (AvgIpc) is 3.47. The van der Waals surface area contributed by atoms with E-state index in [1.54, 1.807) is 29.7 Å². The normalized spacial score (nSPS) is 12.3. The molecule has 0 radical (unpaired) electrons. The number of aryl methyl sites for hydroxylation is 1. The third-order valence-electron chi connectivity index (χ3n) is 4.84. The number of nitrogens with two attached hydrogens (primary N) is 1. The number of carbonyl (C=O) groups is 1. The summed E-state index contributed by atoms with van der Waals surface area (Å²) in [5.41, 5.74) is 4.94. The fourth-order valence-corrected chi connectivity index (χ4v) is 6.11. The number of quaternary nitrogens is 1. The van der Waals surface area contributed by atoms with Crippen LogP contribution in [0.15, 0.2) is 40.3 Å². The van der Waals surface area contributed by atoms with Crippen molar-refractivity contribution >= 4 is 31.5 Å². The van der Waals surface area contributed by atoms with Gasteiger partial charge in [-0.3, -0.25) is 4.40 Å². The second-order valence-electron chi connectivity index (χ2n) is 7.45. The molecule has 0 amide bonds. The van der Waals surface area contributed by atoms with Crippen molar-refractivity contribution in [1.29, 1.82) is 0 Å². The number of pyridine rings is 1. The lowest BCUT2D eigenvalue weighted by Gasteiger charge is -2.16. The number of benzene rings is 1. The lowest BCUT2D eigenvalue weighted by molar-refractivity contribution is -0.360. The minimum absolute atomic E-state index is 0.0509. The van der Waals surface area contributed by atoms with E-state index in [1.807, 2.05) is 0 Å². The van der Waals surface area contributed by atoms with Gasteiger partial charge >= 0.3 is 6.18 Å². The maximum atomic E-state index is 12.8. The molecule has 15 nitrogen and oxygen atoms in total. The van der Waals surface area contributed by atoms with Gasteiger partial charge in [-0.05, 0) is 41.5 Å². The highest BCUT2D eigenvalue weighted by molar-refractivity contribution is 7.93. The van der Waals surface area contributed by atoms with E-state index < -0.39 is 41.8 Å². The van der Waals surface area contributed by atoms with Crippen LogP contribution in [0.5, 0.6) is 0 Å². The Morgan fingerprint density at radius 3 is 2.32 bits per heavy atom. The van der Waals surface area contributed by atoms with Crippen LogP contribution in [-0.4, -0.2) is 76.5 Å². The number of carboxylic acid groups (broad SMARTS) is 1. The summed E-state index contributed by atoms with van der Waals surface area (Å²) in [5.74, 6) is -2.87. The minimum atomic E-state index is -5.19. The predicted molar refractivity (Wildman–Crippen MR) is 119 cm³/mol. The molecule has 204 valence electrons. The molecule has 38 heavy (non-hydrogen) atoms. The number of hydrogen-bond donors (Lipinski definition) is 3. The summed E-state index contributed by atoms with van der Waals surface area (Å²) < 4.78 is 84.1. The summed E-state index contributed by atoms with van der Waals surface area (Å²) in [7, 11) is -8.52. The van der Waals surface area contributed by atoms with Crippen molar-refractivity contribution in [2.45, 2.75) is 22.9 Å². The lowest BCUT2D eigenvalue weighted by atomic mass is 10.0. The number of nitrogens with one attached hydrogen (secondary N) is 1. The van der Waals surface area contributed by atoms with Crippen LogP contribution < -0.4 is 16.0 Å². The minimum Gasteiger partial charge on any atom is -0.542 e. The van der Waals surface area contributed by atoms with E-state index in [0.717, 1.165) is 0 Å². The second-order valence-corrected chi connectivity index (χ2v) is 11.0. The molecule has 0 saturated heterocycles. The van der Waals surface area contributed by atoms with Gasteiger partial charge in [0.2, 0.25) is 15.8 Å². The van der Waals surface area contributed by atoms with E-state index in [9.17, 15) is 30.0 Å². The van der Waals surface area contributed by atoms with Gasteiger partial charge in [0.1, 0.15) is 22.4 Å². The summed E-state index contributed by atoms with van der Waals surface area (Å²) in [4.78, 5) is 7.75. The van der Waals surface area contributed by atoms with Crippen molar-refractivity contribution in [3.05, 3.63) is 36.3 Å². The Morgan fingerprint density at radius 2 is 1.79 bits per heavy atom. The first-order valence-electron chi connectivity index (χ1n) is 10.1. The van der Waals surface area contributed by atoms with E-state index in [4.69, 9.17) is 15.0 Å².